The molecule has 5 nitrogen and oxygen atoms in total. The lowest BCUT2D eigenvalue weighted by Gasteiger charge is -2.25. The maximum absolute atomic E-state index is 11.5. The molecule has 0 N–H and O–H groups in total. The minimum atomic E-state index is -3.26. The molecule has 0 radical (unpaired) electrons. The Morgan fingerprint density at radius 3 is 2.33 bits per heavy atom. The van der Waals surface area contributed by atoms with Crippen molar-refractivity contribution in [3.05, 3.63) is 0 Å². The van der Waals surface area contributed by atoms with Gasteiger partial charge < -0.3 is 4.90 Å². The molecule has 0 saturated carbocycles. The van der Waals surface area contributed by atoms with Gasteiger partial charge in [0.2, 0.25) is 5.91 Å². The van der Waals surface area contributed by atoms with Crippen LogP contribution in [0.2, 0.25) is 0 Å². The molecule has 86 valence electrons. The highest BCUT2D eigenvalue weighted by atomic mass is 32.2. The molecule has 0 aromatic heterocycles. The second kappa shape index (κ2) is 4.74. The summed E-state index contributed by atoms with van der Waals surface area (Å²) >= 11 is 0. The summed E-state index contributed by atoms with van der Waals surface area (Å²) in [6.45, 7) is 2.23. The number of ketones is 1. The quantitative estimate of drug-likeness (QED) is 0.665. The number of amides is 1. The molecule has 1 saturated heterocycles. The minimum Gasteiger partial charge on any atom is -0.341 e. The molecule has 0 spiro atoms. The Morgan fingerprint density at radius 1 is 1.33 bits per heavy atom. The van der Waals surface area contributed by atoms with Crippen LogP contribution >= 0.6 is 0 Å². The fraction of sp³-hybridized carbons (Fsp3) is 0.778. The Kier molecular flexibility index (Phi) is 3.84. The highest BCUT2D eigenvalue weighted by Crippen LogP contribution is 2.07. The van der Waals surface area contributed by atoms with Crippen LogP contribution in [0.3, 0.4) is 0 Å². The van der Waals surface area contributed by atoms with E-state index in [1.807, 2.05) is 0 Å². The fourth-order valence-electron chi connectivity index (χ4n) is 1.39. The Morgan fingerprint density at radius 2 is 1.87 bits per heavy atom. The normalized spacial score (nSPS) is 17.9. The maximum atomic E-state index is 11.5. The van der Waals surface area contributed by atoms with Crippen LogP contribution in [0.1, 0.15) is 19.8 Å². The van der Waals surface area contributed by atoms with Crippen molar-refractivity contribution in [1.29, 1.82) is 0 Å². The van der Waals surface area contributed by atoms with Gasteiger partial charge >= 0.3 is 0 Å². The Balaban J connectivity index is 2.52. The molecular formula is C9H15NO4S. The number of piperidine rings is 1. The number of hydrogen-bond acceptors (Lipinski definition) is 4. The van der Waals surface area contributed by atoms with Gasteiger partial charge in [-0.3, -0.25) is 9.59 Å². The van der Waals surface area contributed by atoms with Crippen molar-refractivity contribution in [2.75, 3.05) is 24.6 Å². The van der Waals surface area contributed by atoms with E-state index in [0.717, 1.165) is 0 Å². The van der Waals surface area contributed by atoms with Crippen molar-refractivity contribution in [3.63, 3.8) is 0 Å². The van der Waals surface area contributed by atoms with Crippen LogP contribution in [-0.2, 0) is 19.4 Å². The van der Waals surface area contributed by atoms with E-state index in [4.69, 9.17) is 0 Å². The monoisotopic (exact) mass is 233 g/mol. The molecule has 6 heteroatoms. The summed E-state index contributed by atoms with van der Waals surface area (Å²) in [6.07, 6.45) is 0.690. The second-order valence-electron chi connectivity index (χ2n) is 3.60. The lowest BCUT2D eigenvalue weighted by molar-refractivity contribution is -0.132. The van der Waals surface area contributed by atoms with E-state index in [2.05, 4.69) is 0 Å². The first-order valence-corrected chi connectivity index (χ1v) is 6.76. The Bertz CT molecular complexity index is 350. The van der Waals surface area contributed by atoms with Crippen LogP contribution < -0.4 is 0 Å². The van der Waals surface area contributed by atoms with Crippen LogP contribution in [0, 0.1) is 0 Å². The standard InChI is InChI=1S/C9H15NO4S/c1-2-15(13,14)7-9(12)10-5-3-8(11)4-6-10/h2-7H2,1H3. The number of carbonyl (C=O) groups excluding carboxylic acids is 2. The van der Waals surface area contributed by atoms with Gasteiger partial charge in [0.1, 0.15) is 11.5 Å². The number of Topliss-reactive ketones (excluding diaryl/α,β-unsaturated/α-hetero) is 1. The molecule has 0 aromatic carbocycles. The molecule has 1 aliphatic rings. The van der Waals surface area contributed by atoms with Gasteiger partial charge in [-0.25, -0.2) is 8.42 Å². The SMILES string of the molecule is CCS(=O)(=O)CC(=O)N1CCC(=O)CC1. The summed E-state index contributed by atoms with van der Waals surface area (Å²) < 4.78 is 22.4. The predicted molar refractivity (Wildman–Crippen MR) is 55.1 cm³/mol. The van der Waals surface area contributed by atoms with Crippen molar-refractivity contribution >= 4 is 21.5 Å². The molecule has 1 fully saturated rings. The number of nitrogens with zero attached hydrogens (tertiary/aromatic N) is 1. The van der Waals surface area contributed by atoms with Gasteiger partial charge in [0.15, 0.2) is 9.84 Å². The first-order valence-electron chi connectivity index (χ1n) is 4.94. The van der Waals surface area contributed by atoms with Crippen molar-refractivity contribution in [1.82, 2.24) is 4.90 Å². The zero-order valence-electron chi connectivity index (χ0n) is 8.73. The van der Waals surface area contributed by atoms with E-state index >= 15 is 0 Å². The number of hydrogen-bond donors (Lipinski definition) is 0. The molecule has 1 rings (SSSR count). The first-order chi connectivity index (χ1) is 6.94. The van der Waals surface area contributed by atoms with Gasteiger partial charge in [-0.05, 0) is 0 Å². The lowest BCUT2D eigenvalue weighted by atomic mass is 10.1. The van der Waals surface area contributed by atoms with Crippen LogP contribution in [0.15, 0.2) is 0 Å². The molecule has 1 amide bonds. The zero-order valence-corrected chi connectivity index (χ0v) is 9.55. The van der Waals surface area contributed by atoms with Gasteiger partial charge in [-0.1, -0.05) is 6.92 Å². The Labute approximate surface area is 89.4 Å². The van der Waals surface area contributed by atoms with Gasteiger partial charge in [0.25, 0.3) is 0 Å². The van der Waals surface area contributed by atoms with Gasteiger partial charge in [0.05, 0.1) is 0 Å². The third-order valence-electron chi connectivity index (χ3n) is 2.46. The van der Waals surface area contributed by atoms with Crippen LogP contribution in [-0.4, -0.2) is 49.6 Å². The largest absolute Gasteiger partial charge is 0.341 e. The average molecular weight is 233 g/mol. The summed E-state index contributed by atoms with van der Waals surface area (Å²) in [6, 6.07) is 0. The first kappa shape index (κ1) is 12.2. The molecule has 0 aliphatic carbocycles. The van der Waals surface area contributed by atoms with Crippen LogP contribution in [0.4, 0.5) is 0 Å². The van der Waals surface area contributed by atoms with Crippen molar-refractivity contribution in [2.45, 2.75) is 19.8 Å². The van der Waals surface area contributed by atoms with Crippen molar-refractivity contribution < 1.29 is 18.0 Å². The summed E-state index contributed by atoms with van der Waals surface area (Å²) in [7, 11) is -3.26. The van der Waals surface area contributed by atoms with Crippen LogP contribution in [0.25, 0.3) is 0 Å². The molecule has 0 bridgehead atoms. The second-order valence-corrected chi connectivity index (χ2v) is 5.95. The predicted octanol–water partition coefficient (Wildman–Crippen LogP) is -0.387. The molecule has 0 atom stereocenters. The number of carbonyl (C=O) groups is 2. The van der Waals surface area contributed by atoms with E-state index in [1.54, 1.807) is 0 Å². The van der Waals surface area contributed by atoms with E-state index in [0.29, 0.717) is 25.9 Å². The fourth-order valence-corrected chi connectivity index (χ4v) is 2.15. The molecule has 1 aliphatic heterocycles. The highest BCUT2D eigenvalue weighted by Gasteiger charge is 2.24. The van der Waals surface area contributed by atoms with E-state index in [-0.39, 0.29) is 17.4 Å². The van der Waals surface area contributed by atoms with E-state index in [9.17, 15) is 18.0 Å². The third kappa shape index (κ3) is 3.62. The average Bonchev–Trinajstić information content (AvgIpc) is 2.18. The van der Waals surface area contributed by atoms with Crippen LogP contribution in [0.5, 0.6) is 0 Å². The van der Waals surface area contributed by atoms with Gasteiger partial charge in [0, 0.05) is 31.7 Å². The number of rotatable bonds is 3. The lowest BCUT2D eigenvalue weighted by Crippen LogP contribution is -2.41. The minimum absolute atomic E-state index is 0.0223. The summed E-state index contributed by atoms with van der Waals surface area (Å²) in [4.78, 5) is 23.9. The number of sulfone groups is 1. The summed E-state index contributed by atoms with van der Waals surface area (Å²) in [5.74, 6) is -0.704. The highest BCUT2D eigenvalue weighted by molar-refractivity contribution is 7.92. The van der Waals surface area contributed by atoms with E-state index in [1.165, 1.54) is 11.8 Å². The van der Waals surface area contributed by atoms with Crippen molar-refractivity contribution in [3.8, 4) is 0 Å². The Hall–Kier alpha value is -0.910. The molecule has 15 heavy (non-hydrogen) atoms. The molecule has 1 heterocycles. The van der Waals surface area contributed by atoms with Gasteiger partial charge in [-0.15, -0.1) is 0 Å². The van der Waals surface area contributed by atoms with E-state index < -0.39 is 15.6 Å². The summed E-state index contributed by atoms with van der Waals surface area (Å²) in [5, 5.41) is 0. The third-order valence-corrected chi connectivity index (χ3v) is 4.02. The topological polar surface area (TPSA) is 71.5 Å². The zero-order chi connectivity index (χ0) is 11.5. The van der Waals surface area contributed by atoms with Gasteiger partial charge in [-0.2, -0.15) is 0 Å². The summed E-state index contributed by atoms with van der Waals surface area (Å²) in [5.41, 5.74) is 0. The molecular weight excluding hydrogens is 218 g/mol. The maximum Gasteiger partial charge on any atom is 0.237 e. The smallest absolute Gasteiger partial charge is 0.237 e. The number of likely N-dealkylation sites (tertiary alicyclic amines) is 1. The van der Waals surface area contributed by atoms with Crippen molar-refractivity contribution in [2.24, 2.45) is 0 Å². The molecule has 0 aromatic rings. The molecule has 0 unspecified atom stereocenters.